The van der Waals surface area contributed by atoms with Crippen LogP contribution in [0.3, 0.4) is 0 Å². The van der Waals surface area contributed by atoms with Crippen molar-refractivity contribution in [3.05, 3.63) is 166 Å². The molecule has 11 rings (SSSR count). The van der Waals surface area contributed by atoms with E-state index >= 15 is 19.2 Å². The second kappa shape index (κ2) is 22.2. The van der Waals surface area contributed by atoms with Crippen molar-refractivity contribution in [2.24, 2.45) is 11.8 Å². The predicted octanol–water partition coefficient (Wildman–Crippen LogP) is 7.56. The number of rotatable bonds is 12. The van der Waals surface area contributed by atoms with Gasteiger partial charge in [-0.1, -0.05) is 111 Å². The van der Waals surface area contributed by atoms with Crippen molar-refractivity contribution in [2.45, 2.75) is 81.8 Å². The van der Waals surface area contributed by atoms with Gasteiger partial charge in [-0.3, -0.25) is 24.2 Å². The number of nitrogens with one attached hydrogen (secondary N) is 1. The van der Waals surface area contributed by atoms with Gasteiger partial charge in [-0.05, 0) is 107 Å². The lowest BCUT2D eigenvalue weighted by Crippen LogP contribution is -2.59. The molecular weight excluding hydrogens is 991 g/mol. The topological polar surface area (TPSA) is 177 Å². The quantitative estimate of drug-likeness (QED) is 0.0926. The summed E-state index contributed by atoms with van der Waals surface area (Å²) >= 11 is 0. The fourth-order valence-electron chi connectivity index (χ4n) is 12.4. The molecule has 6 aliphatic rings. The number of imide groups is 1. The van der Waals surface area contributed by atoms with Crippen molar-refractivity contribution in [1.82, 2.24) is 20.0 Å². The number of carbonyl (C=O) groups excluding carboxylic acids is 5. The molecule has 402 valence electrons. The number of urea groups is 1. The van der Waals surface area contributed by atoms with E-state index in [1.165, 1.54) is 7.11 Å². The molecule has 5 heterocycles. The Bertz CT molecular complexity index is 3190. The molecule has 4 amide bonds. The van der Waals surface area contributed by atoms with E-state index in [9.17, 15) is 9.90 Å². The molecule has 2 N–H and O–H groups in total. The normalized spacial score (nSPS) is 23.9. The minimum absolute atomic E-state index is 0.0295. The number of amides is 4. The molecule has 16 heteroatoms. The third kappa shape index (κ3) is 9.54. The molecule has 7 atom stereocenters. The Kier molecular flexibility index (Phi) is 14.8. The Morgan fingerprint density at radius 2 is 1.54 bits per heavy atom. The van der Waals surface area contributed by atoms with Crippen molar-refractivity contribution < 1.29 is 52.8 Å². The zero-order chi connectivity index (χ0) is 54.1. The van der Waals surface area contributed by atoms with Crippen LogP contribution in [0.5, 0.6) is 17.2 Å². The maximum Gasteiger partial charge on any atom is 0.329 e. The Balaban J connectivity index is 1.13. The van der Waals surface area contributed by atoms with Crippen LogP contribution in [0.2, 0.25) is 0 Å². The van der Waals surface area contributed by atoms with E-state index in [4.69, 9.17) is 23.7 Å². The van der Waals surface area contributed by atoms with Gasteiger partial charge in [0.05, 0.1) is 37.4 Å². The van der Waals surface area contributed by atoms with Gasteiger partial charge in [0.15, 0.2) is 11.5 Å². The summed E-state index contributed by atoms with van der Waals surface area (Å²) in [6.07, 6.45) is 5.05. The molecule has 0 bridgehead atoms. The molecular formula is C62H63N5O11. The minimum Gasteiger partial charge on any atom is -0.491 e. The highest BCUT2D eigenvalue weighted by Gasteiger charge is 2.76. The van der Waals surface area contributed by atoms with E-state index in [-0.39, 0.29) is 38.8 Å². The molecule has 0 radical (unpaired) electrons. The first-order chi connectivity index (χ1) is 38.0. The molecule has 5 aromatic rings. The first kappa shape index (κ1) is 52.1. The van der Waals surface area contributed by atoms with Crippen LogP contribution in [0.1, 0.15) is 91.1 Å². The van der Waals surface area contributed by atoms with Gasteiger partial charge >= 0.3 is 18.0 Å². The van der Waals surface area contributed by atoms with E-state index in [1.54, 1.807) is 43.0 Å². The Hall–Kier alpha value is -7.97. The van der Waals surface area contributed by atoms with E-state index in [0.717, 1.165) is 47.3 Å². The van der Waals surface area contributed by atoms with Gasteiger partial charge < -0.3 is 39.0 Å². The molecule has 3 fully saturated rings. The van der Waals surface area contributed by atoms with Gasteiger partial charge in [0.25, 0.3) is 0 Å². The van der Waals surface area contributed by atoms with Crippen LogP contribution < -0.4 is 24.4 Å². The summed E-state index contributed by atoms with van der Waals surface area (Å²) in [6, 6.07) is 31.9. The number of nitrogens with zero attached hydrogens (tertiary/aromatic N) is 4. The number of anilines is 1. The van der Waals surface area contributed by atoms with Crippen molar-refractivity contribution in [2.75, 3.05) is 58.2 Å². The molecule has 3 saturated heterocycles. The monoisotopic (exact) mass is 1050 g/mol. The lowest BCUT2D eigenvalue weighted by Gasteiger charge is -2.46. The van der Waals surface area contributed by atoms with Gasteiger partial charge in [0, 0.05) is 38.3 Å². The van der Waals surface area contributed by atoms with Gasteiger partial charge in [-0.15, -0.1) is 0 Å². The second-order valence-electron chi connectivity index (χ2n) is 21.0. The highest BCUT2D eigenvalue weighted by Crippen LogP contribution is 2.66. The average Bonchev–Trinajstić information content (AvgIpc) is 4.19. The number of ether oxygens (including phenoxy) is 5. The number of fused-ring (bicyclic) bond motifs is 4. The number of carbonyl (C=O) groups is 5. The van der Waals surface area contributed by atoms with Crippen LogP contribution in [0, 0.1) is 23.7 Å². The fourth-order valence-corrected chi connectivity index (χ4v) is 12.4. The van der Waals surface area contributed by atoms with Crippen LogP contribution >= 0.6 is 0 Å². The number of piperazine rings is 1. The largest absolute Gasteiger partial charge is 0.491 e. The van der Waals surface area contributed by atoms with Crippen molar-refractivity contribution in [3.63, 3.8) is 0 Å². The zero-order valence-electron chi connectivity index (χ0n) is 44.0. The standard InChI is InChI=1S/C62H63N5O11/c1-39(2)52(58(70)74-3)63-61(73)66-48-27-21-41(20-19-40-13-7-4-8-14-40)35-47(48)62(60(66)72)51(57(69)65-31-29-64(30-32-65)37-42-22-28-49-50(36-42)77-38-76-49)54-59(71)78-55(44-17-11-6-12-18-44)53(43-15-9-5-10-16-43)67(54)56(62)45-23-25-46(26-24-45)75-34-33-68/h5-6,9-13,15-18,21-28,35-36,39,51-56,68H,4,7-8,14,29-34,37-38H2,1-3H3,(H,63,73)/t51-,52-,53-,54-,55+,56+,62-/m0/s1. The highest BCUT2D eigenvalue weighted by molar-refractivity contribution is 6.25. The lowest BCUT2D eigenvalue weighted by atomic mass is 9.64. The summed E-state index contributed by atoms with van der Waals surface area (Å²) in [5.74, 6) is 3.98. The number of hydrogen-bond donors (Lipinski definition) is 2. The molecule has 0 saturated carbocycles. The number of methoxy groups -OCH3 is 1. The predicted molar refractivity (Wildman–Crippen MR) is 288 cm³/mol. The van der Waals surface area contributed by atoms with Crippen LogP contribution in [0.4, 0.5) is 10.5 Å². The minimum atomic E-state index is -2.05. The zero-order valence-corrected chi connectivity index (χ0v) is 44.0. The number of benzene rings is 5. The van der Waals surface area contributed by atoms with E-state index in [0.29, 0.717) is 59.1 Å². The number of hydrogen-bond acceptors (Lipinski definition) is 13. The van der Waals surface area contributed by atoms with Crippen LogP contribution in [-0.4, -0.2) is 115 Å². The summed E-state index contributed by atoms with van der Waals surface area (Å²) in [7, 11) is 1.24. The number of aliphatic hydroxyl groups is 1. The molecule has 16 nitrogen and oxygen atoms in total. The first-order valence-electron chi connectivity index (χ1n) is 26.9. The molecule has 78 heavy (non-hydrogen) atoms. The van der Waals surface area contributed by atoms with E-state index in [1.807, 2.05) is 102 Å². The van der Waals surface area contributed by atoms with E-state index < -0.39 is 77.3 Å². The SMILES string of the molecule is COC(=O)[C@@H](NC(=O)N1C(=O)[C@@]2(c3cc(C#CC4=CCCCC4)ccc31)[C@H](C(=O)N1CCN(Cc3ccc4c(c3)OCO4)CC1)[C@H]1C(=O)O[C@H](c3ccccc3)[C@H](c3ccccc3)N1[C@@H]2c1ccc(OCCO)cc1)C(C)C. The first-order valence-corrected chi connectivity index (χ1v) is 26.9. The van der Waals surface area contributed by atoms with Gasteiger partial charge in [-0.25, -0.2) is 14.5 Å². The molecule has 1 spiro atoms. The third-order valence-electron chi connectivity index (χ3n) is 16.1. The summed E-state index contributed by atoms with van der Waals surface area (Å²) in [4.78, 5) is 85.0. The maximum atomic E-state index is 17.0. The summed E-state index contributed by atoms with van der Waals surface area (Å²) in [5, 5.41) is 12.6. The van der Waals surface area contributed by atoms with Crippen LogP contribution in [0.25, 0.3) is 0 Å². The van der Waals surface area contributed by atoms with Crippen molar-refractivity contribution in [3.8, 4) is 29.1 Å². The van der Waals surface area contributed by atoms with Crippen molar-refractivity contribution in [1.29, 1.82) is 0 Å². The van der Waals surface area contributed by atoms with Gasteiger partial charge in [-0.2, -0.15) is 0 Å². The van der Waals surface area contributed by atoms with Crippen LogP contribution in [0.15, 0.2) is 133 Å². The fraction of sp³-hybridized carbons (Fsp3) is 0.371. The Labute approximate surface area is 453 Å². The molecule has 1 aliphatic carbocycles. The molecule has 0 unspecified atom stereocenters. The maximum absolute atomic E-state index is 17.0. The summed E-state index contributed by atoms with van der Waals surface area (Å²) in [6.45, 7) is 5.53. The molecule has 5 aromatic carbocycles. The average molecular weight is 1050 g/mol. The Morgan fingerprint density at radius 3 is 2.23 bits per heavy atom. The number of allylic oxidation sites excluding steroid dienone is 2. The summed E-state index contributed by atoms with van der Waals surface area (Å²) in [5.41, 5.74) is 3.00. The molecule has 5 aliphatic heterocycles. The number of aliphatic hydroxyl groups excluding tert-OH is 1. The van der Waals surface area contributed by atoms with Crippen molar-refractivity contribution >= 4 is 35.5 Å². The van der Waals surface area contributed by atoms with Gasteiger partial charge in [0.1, 0.15) is 36.0 Å². The Morgan fingerprint density at radius 1 is 0.808 bits per heavy atom. The number of morpholine rings is 1. The molecule has 0 aromatic heterocycles. The number of esters is 2. The second-order valence-corrected chi connectivity index (χ2v) is 21.0. The number of cyclic esters (lactones) is 1. The smallest absolute Gasteiger partial charge is 0.329 e. The van der Waals surface area contributed by atoms with Crippen LogP contribution in [-0.2, 0) is 40.6 Å². The summed E-state index contributed by atoms with van der Waals surface area (Å²) < 4.78 is 29.0. The highest BCUT2D eigenvalue weighted by atomic mass is 16.7. The van der Waals surface area contributed by atoms with E-state index in [2.05, 4.69) is 28.1 Å². The third-order valence-corrected chi connectivity index (χ3v) is 16.1. The van der Waals surface area contributed by atoms with Gasteiger partial charge in [0.2, 0.25) is 18.6 Å². The lowest BCUT2D eigenvalue weighted by molar-refractivity contribution is -0.179.